The van der Waals surface area contributed by atoms with Crippen molar-refractivity contribution >= 4 is 11.9 Å². The van der Waals surface area contributed by atoms with Crippen molar-refractivity contribution in [1.82, 2.24) is 5.32 Å². The Hall–Kier alpha value is -2.24. The van der Waals surface area contributed by atoms with Crippen LogP contribution in [0.25, 0.3) is 0 Å². The Labute approximate surface area is 117 Å². The molecule has 0 radical (unpaired) electrons. The van der Waals surface area contributed by atoms with Crippen LogP contribution in [0.4, 0.5) is 0 Å². The Morgan fingerprint density at radius 3 is 2.65 bits per heavy atom. The van der Waals surface area contributed by atoms with Crippen LogP contribution in [0.2, 0.25) is 0 Å². The van der Waals surface area contributed by atoms with E-state index in [-0.39, 0.29) is 18.6 Å². The number of ether oxygens (including phenoxy) is 3. The number of benzene rings is 1. The maximum Gasteiger partial charge on any atom is 0.338 e. The summed E-state index contributed by atoms with van der Waals surface area (Å²) >= 11 is 0. The van der Waals surface area contributed by atoms with E-state index in [2.05, 4.69) is 5.32 Å². The van der Waals surface area contributed by atoms with Crippen LogP contribution in [-0.2, 0) is 9.53 Å². The average molecular weight is 279 g/mol. The van der Waals surface area contributed by atoms with Crippen LogP contribution >= 0.6 is 0 Å². The third-order valence-electron chi connectivity index (χ3n) is 2.56. The smallest absolute Gasteiger partial charge is 0.338 e. The minimum Gasteiger partial charge on any atom is -0.486 e. The van der Waals surface area contributed by atoms with Gasteiger partial charge in [-0.05, 0) is 32.0 Å². The quantitative estimate of drug-likeness (QED) is 0.837. The van der Waals surface area contributed by atoms with Crippen LogP contribution in [0.15, 0.2) is 18.2 Å². The third kappa shape index (κ3) is 3.63. The SMILES string of the molecule is CC(C)NC(=O)COC(=O)c1ccc2c(c1)OCCO2. The maximum absolute atomic E-state index is 11.8. The van der Waals surface area contributed by atoms with Gasteiger partial charge in [0.15, 0.2) is 18.1 Å². The molecule has 6 heteroatoms. The van der Waals surface area contributed by atoms with E-state index in [1.807, 2.05) is 13.8 Å². The summed E-state index contributed by atoms with van der Waals surface area (Å²) < 4.78 is 15.7. The third-order valence-corrected chi connectivity index (χ3v) is 2.56. The Morgan fingerprint density at radius 1 is 1.25 bits per heavy atom. The molecule has 1 aromatic rings. The van der Waals surface area contributed by atoms with Gasteiger partial charge in [-0.2, -0.15) is 0 Å². The molecule has 0 unspecified atom stereocenters. The number of fused-ring (bicyclic) bond motifs is 1. The van der Waals surface area contributed by atoms with Gasteiger partial charge in [0, 0.05) is 6.04 Å². The summed E-state index contributed by atoms with van der Waals surface area (Å²) in [5, 5.41) is 2.64. The molecule has 1 aliphatic heterocycles. The molecular formula is C14H17NO5. The zero-order valence-electron chi connectivity index (χ0n) is 11.5. The minimum absolute atomic E-state index is 0.00972. The van der Waals surface area contributed by atoms with Crippen molar-refractivity contribution < 1.29 is 23.8 Å². The lowest BCUT2D eigenvalue weighted by Gasteiger charge is -2.18. The zero-order valence-corrected chi connectivity index (χ0v) is 11.5. The van der Waals surface area contributed by atoms with E-state index in [1.165, 1.54) is 0 Å². The lowest BCUT2D eigenvalue weighted by atomic mass is 10.2. The normalized spacial score (nSPS) is 12.9. The number of carbonyl (C=O) groups is 2. The number of hydrogen-bond donors (Lipinski definition) is 1. The topological polar surface area (TPSA) is 73.9 Å². The summed E-state index contributed by atoms with van der Waals surface area (Å²) in [5.41, 5.74) is 0.326. The maximum atomic E-state index is 11.8. The highest BCUT2D eigenvalue weighted by Crippen LogP contribution is 2.30. The second-order valence-corrected chi connectivity index (χ2v) is 4.66. The Balaban J connectivity index is 1.94. The first-order chi connectivity index (χ1) is 9.56. The number of esters is 1. The fourth-order valence-corrected chi connectivity index (χ4v) is 1.75. The van der Waals surface area contributed by atoms with Crippen molar-refractivity contribution in [2.24, 2.45) is 0 Å². The summed E-state index contributed by atoms with van der Waals surface area (Å²) in [4.78, 5) is 23.2. The highest BCUT2D eigenvalue weighted by atomic mass is 16.6. The lowest BCUT2D eigenvalue weighted by molar-refractivity contribution is -0.124. The number of carbonyl (C=O) groups excluding carboxylic acids is 2. The van der Waals surface area contributed by atoms with E-state index in [9.17, 15) is 9.59 Å². The largest absolute Gasteiger partial charge is 0.486 e. The van der Waals surface area contributed by atoms with Gasteiger partial charge in [0.25, 0.3) is 5.91 Å². The van der Waals surface area contributed by atoms with Crippen LogP contribution in [-0.4, -0.2) is 37.7 Å². The van der Waals surface area contributed by atoms with Crippen molar-refractivity contribution in [3.05, 3.63) is 23.8 Å². The summed E-state index contributed by atoms with van der Waals surface area (Å²) in [6, 6.07) is 4.79. The molecule has 0 bridgehead atoms. The van der Waals surface area contributed by atoms with E-state index in [1.54, 1.807) is 18.2 Å². The van der Waals surface area contributed by atoms with Crippen molar-refractivity contribution in [2.75, 3.05) is 19.8 Å². The molecule has 0 saturated heterocycles. The van der Waals surface area contributed by atoms with Gasteiger partial charge in [-0.15, -0.1) is 0 Å². The summed E-state index contributed by atoms with van der Waals surface area (Å²) in [5.74, 6) is 0.217. The molecular weight excluding hydrogens is 262 g/mol. The van der Waals surface area contributed by atoms with E-state index in [0.29, 0.717) is 30.3 Å². The Bertz CT molecular complexity index is 512. The minimum atomic E-state index is -0.569. The Morgan fingerprint density at radius 2 is 1.95 bits per heavy atom. The second kappa shape index (κ2) is 6.27. The van der Waals surface area contributed by atoms with E-state index >= 15 is 0 Å². The summed E-state index contributed by atoms with van der Waals surface area (Å²) in [6.07, 6.45) is 0. The molecule has 0 atom stereocenters. The molecule has 1 aliphatic rings. The van der Waals surface area contributed by atoms with Crippen LogP contribution in [0.5, 0.6) is 11.5 Å². The van der Waals surface area contributed by atoms with Crippen molar-refractivity contribution in [2.45, 2.75) is 19.9 Å². The molecule has 20 heavy (non-hydrogen) atoms. The van der Waals surface area contributed by atoms with Gasteiger partial charge < -0.3 is 19.5 Å². The molecule has 0 aliphatic carbocycles. The number of nitrogens with one attached hydrogen (secondary N) is 1. The fourth-order valence-electron chi connectivity index (χ4n) is 1.75. The molecule has 2 rings (SSSR count). The fraction of sp³-hybridized carbons (Fsp3) is 0.429. The van der Waals surface area contributed by atoms with Gasteiger partial charge in [0.05, 0.1) is 5.56 Å². The summed E-state index contributed by atoms with van der Waals surface area (Å²) in [7, 11) is 0. The van der Waals surface area contributed by atoms with E-state index < -0.39 is 5.97 Å². The van der Waals surface area contributed by atoms with Gasteiger partial charge in [-0.3, -0.25) is 4.79 Å². The Kier molecular flexibility index (Phi) is 4.45. The molecule has 0 aromatic heterocycles. The predicted octanol–water partition coefficient (Wildman–Crippen LogP) is 1.14. The molecule has 1 aromatic carbocycles. The van der Waals surface area contributed by atoms with Gasteiger partial charge in [0.1, 0.15) is 13.2 Å². The number of hydrogen-bond acceptors (Lipinski definition) is 5. The van der Waals surface area contributed by atoms with Gasteiger partial charge in [0.2, 0.25) is 0 Å². The summed E-state index contributed by atoms with van der Waals surface area (Å²) in [6.45, 7) is 4.31. The van der Waals surface area contributed by atoms with Crippen molar-refractivity contribution in [3.8, 4) is 11.5 Å². The molecule has 108 valence electrons. The van der Waals surface area contributed by atoms with E-state index in [4.69, 9.17) is 14.2 Å². The predicted molar refractivity (Wildman–Crippen MR) is 71.0 cm³/mol. The second-order valence-electron chi connectivity index (χ2n) is 4.66. The number of amides is 1. The van der Waals surface area contributed by atoms with Gasteiger partial charge >= 0.3 is 5.97 Å². The monoisotopic (exact) mass is 279 g/mol. The van der Waals surface area contributed by atoms with Crippen LogP contribution in [0.1, 0.15) is 24.2 Å². The standard InChI is InChI=1S/C14H17NO5/c1-9(2)15-13(16)8-20-14(17)10-3-4-11-12(7-10)19-6-5-18-11/h3-4,7,9H,5-6,8H2,1-2H3,(H,15,16). The highest BCUT2D eigenvalue weighted by molar-refractivity contribution is 5.92. The first-order valence-corrected chi connectivity index (χ1v) is 6.42. The first kappa shape index (κ1) is 14.2. The average Bonchev–Trinajstić information content (AvgIpc) is 2.43. The zero-order chi connectivity index (χ0) is 14.5. The molecule has 0 spiro atoms. The van der Waals surface area contributed by atoms with Crippen molar-refractivity contribution in [3.63, 3.8) is 0 Å². The molecule has 1 amide bonds. The lowest BCUT2D eigenvalue weighted by Crippen LogP contribution is -2.34. The first-order valence-electron chi connectivity index (χ1n) is 6.42. The number of rotatable bonds is 4. The van der Waals surface area contributed by atoms with Gasteiger partial charge in [-0.25, -0.2) is 4.79 Å². The molecule has 0 saturated carbocycles. The molecule has 1 heterocycles. The van der Waals surface area contributed by atoms with Crippen LogP contribution in [0, 0.1) is 0 Å². The van der Waals surface area contributed by atoms with Crippen molar-refractivity contribution in [1.29, 1.82) is 0 Å². The van der Waals surface area contributed by atoms with E-state index in [0.717, 1.165) is 0 Å². The highest BCUT2D eigenvalue weighted by Gasteiger charge is 2.16. The molecule has 1 N–H and O–H groups in total. The van der Waals surface area contributed by atoms with Crippen LogP contribution in [0.3, 0.4) is 0 Å². The van der Waals surface area contributed by atoms with Crippen LogP contribution < -0.4 is 14.8 Å². The molecule has 6 nitrogen and oxygen atoms in total. The molecule has 0 fully saturated rings. The van der Waals surface area contributed by atoms with Gasteiger partial charge in [-0.1, -0.05) is 0 Å².